The number of ketones is 1. The zero-order chi connectivity index (χ0) is 9.07. The standard InChI is InChI=1S/C8H15NO2/c1-6(10)8(2,3)5-7(11)9-4/h5H2,1-4H3,(H,9,11). The molecule has 0 rings (SSSR count). The fourth-order valence-corrected chi connectivity index (χ4v) is 0.614. The monoisotopic (exact) mass is 157 g/mol. The number of rotatable bonds is 3. The fourth-order valence-electron chi connectivity index (χ4n) is 0.614. The maximum atomic E-state index is 10.9. The van der Waals surface area contributed by atoms with Crippen LogP contribution < -0.4 is 5.32 Å². The summed E-state index contributed by atoms with van der Waals surface area (Å²) in [5.41, 5.74) is -0.528. The molecule has 64 valence electrons. The van der Waals surface area contributed by atoms with Gasteiger partial charge in [0.15, 0.2) is 0 Å². The van der Waals surface area contributed by atoms with Gasteiger partial charge < -0.3 is 5.32 Å². The molecule has 0 heterocycles. The van der Waals surface area contributed by atoms with Crippen molar-refractivity contribution in [2.45, 2.75) is 27.2 Å². The van der Waals surface area contributed by atoms with E-state index in [9.17, 15) is 9.59 Å². The van der Waals surface area contributed by atoms with Gasteiger partial charge in [-0.1, -0.05) is 13.8 Å². The second-order valence-electron chi connectivity index (χ2n) is 3.29. The van der Waals surface area contributed by atoms with Gasteiger partial charge in [-0.25, -0.2) is 0 Å². The van der Waals surface area contributed by atoms with Gasteiger partial charge in [0, 0.05) is 18.9 Å². The zero-order valence-electron chi connectivity index (χ0n) is 7.52. The summed E-state index contributed by atoms with van der Waals surface area (Å²) in [4.78, 5) is 21.8. The second-order valence-corrected chi connectivity index (χ2v) is 3.29. The number of carbonyl (C=O) groups is 2. The first-order valence-electron chi connectivity index (χ1n) is 3.62. The van der Waals surface area contributed by atoms with E-state index in [2.05, 4.69) is 5.32 Å². The van der Waals surface area contributed by atoms with E-state index in [1.807, 2.05) is 0 Å². The minimum atomic E-state index is -0.528. The van der Waals surface area contributed by atoms with Gasteiger partial charge in [-0.15, -0.1) is 0 Å². The summed E-state index contributed by atoms with van der Waals surface area (Å²) in [6.45, 7) is 5.04. The minimum absolute atomic E-state index is 0.0427. The molecule has 1 N–H and O–H groups in total. The van der Waals surface area contributed by atoms with Gasteiger partial charge in [-0.2, -0.15) is 0 Å². The van der Waals surface area contributed by atoms with Crippen molar-refractivity contribution >= 4 is 11.7 Å². The molecule has 1 amide bonds. The Balaban J connectivity index is 4.12. The van der Waals surface area contributed by atoms with Gasteiger partial charge in [0.2, 0.25) is 5.91 Å². The molecule has 0 radical (unpaired) electrons. The number of hydrogen-bond donors (Lipinski definition) is 1. The second kappa shape index (κ2) is 3.51. The highest BCUT2D eigenvalue weighted by atomic mass is 16.2. The quantitative estimate of drug-likeness (QED) is 0.656. The first-order valence-corrected chi connectivity index (χ1v) is 3.62. The molecule has 0 spiro atoms. The largest absolute Gasteiger partial charge is 0.359 e. The van der Waals surface area contributed by atoms with Crippen LogP contribution in [0.4, 0.5) is 0 Å². The summed E-state index contributed by atoms with van der Waals surface area (Å²) in [6.07, 6.45) is 0.263. The molecular weight excluding hydrogens is 142 g/mol. The van der Waals surface area contributed by atoms with Crippen LogP contribution in [-0.2, 0) is 9.59 Å². The first-order chi connectivity index (χ1) is 4.90. The molecule has 0 atom stereocenters. The molecule has 3 nitrogen and oxygen atoms in total. The number of Topliss-reactive ketones (excluding diaryl/α,β-unsaturated/α-hetero) is 1. The van der Waals surface area contributed by atoms with E-state index < -0.39 is 5.41 Å². The van der Waals surface area contributed by atoms with Crippen molar-refractivity contribution < 1.29 is 9.59 Å². The van der Waals surface area contributed by atoms with Crippen LogP contribution in [-0.4, -0.2) is 18.7 Å². The predicted molar refractivity (Wildman–Crippen MR) is 43.1 cm³/mol. The molecule has 0 aliphatic heterocycles. The summed E-state index contributed by atoms with van der Waals surface area (Å²) in [5.74, 6) is -0.0497. The number of hydrogen-bond acceptors (Lipinski definition) is 2. The third kappa shape index (κ3) is 3.16. The van der Waals surface area contributed by atoms with Gasteiger partial charge in [0.25, 0.3) is 0 Å². The van der Waals surface area contributed by atoms with Crippen LogP contribution in [0.2, 0.25) is 0 Å². The minimum Gasteiger partial charge on any atom is -0.359 e. The van der Waals surface area contributed by atoms with Crippen molar-refractivity contribution in [2.24, 2.45) is 5.41 Å². The lowest BCUT2D eigenvalue weighted by molar-refractivity contribution is -0.131. The van der Waals surface area contributed by atoms with Crippen LogP contribution in [0, 0.1) is 5.41 Å². The summed E-state index contributed by atoms with van der Waals surface area (Å²) in [6, 6.07) is 0. The smallest absolute Gasteiger partial charge is 0.220 e. The Hall–Kier alpha value is -0.860. The molecule has 0 aromatic rings. The van der Waals surface area contributed by atoms with Crippen LogP contribution in [0.5, 0.6) is 0 Å². The van der Waals surface area contributed by atoms with Gasteiger partial charge >= 0.3 is 0 Å². The van der Waals surface area contributed by atoms with Crippen LogP contribution in [0.1, 0.15) is 27.2 Å². The van der Waals surface area contributed by atoms with E-state index in [0.717, 1.165) is 0 Å². The molecule has 0 fully saturated rings. The normalized spacial score (nSPS) is 10.9. The fraction of sp³-hybridized carbons (Fsp3) is 0.750. The highest BCUT2D eigenvalue weighted by molar-refractivity contribution is 5.87. The molecule has 0 aliphatic carbocycles. The van der Waals surface area contributed by atoms with Crippen LogP contribution in [0.15, 0.2) is 0 Å². The third-order valence-electron chi connectivity index (χ3n) is 1.83. The van der Waals surface area contributed by atoms with Gasteiger partial charge in [-0.3, -0.25) is 9.59 Å². The van der Waals surface area contributed by atoms with Crippen molar-refractivity contribution in [3.8, 4) is 0 Å². The Morgan fingerprint density at radius 2 is 1.82 bits per heavy atom. The van der Waals surface area contributed by atoms with E-state index in [0.29, 0.717) is 0 Å². The molecule has 0 unspecified atom stereocenters. The summed E-state index contributed by atoms with van der Waals surface area (Å²) < 4.78 is 0. The lowest BCUT2D eigenvalue weighted by Crippen LogP contribution is -2.30. The average molecular weight is 157 g/mol. The summed E-state index contributed by atoms with van der Waals surface area (Å²) in [7, 11) is 1.57. The van der Waals surface area contributed by atoms with Crippen molar-refractivity contribution in [1.82, 2.24) is 5.32 Å². The molecule has 3 heteroatoms. The molecule has 0 saturated heterocycles. The average Bonchev–Trinajstić information content (AvgIpc) is 1.86. The van der Waals surface area contributed by atoms with Gasteiger partial charge in [0.1, 0.15) is 5.78 Å². The Morgan fingerprint density at radius 1 is 1.36 bits per heavy atom. The molecular formula is C8H15NO2. The van der Waals surface area contributed by atoms with Gasteiger partial charge in [-0.05, 0) is 6.92 Å². The van der Waals surface area contributed by atoms with Gasteiger partial charge in [0.05, 0.1) is 0 Å². The zero-order valence-corrected chi connectivity index (χ0v) is 7.52. The highest BCUT2D eigenvalue weighted by Crippen LogP contribution is 2.20. The molecule has 0 saturated carbocycles. The summed E-state index contributed by atoms with van der Waals surface area (Å²) >= 11 is 0. The summed E-state index contributed by atoms with van der Waals surface area (Å²) in [5, 5.41) is 2.48. The molecule has 0 bridgehead atoms. The van der Waals surface area contributed by atoms with Crippen LogP contribution in [0.3, 0.4) is 0 Å². The topological polar surface area (TPSA) is 46.2 Å². The Kier molecular flexibility index (Phi) is 3.23. The number of nitrogens with one attached hydrogen (secondary N) is 1. The Morgan fingerprint density at radius 3 is 2.09 bits per heavy atom. The highest BCUT2D eigenvalue weighted by Gasteiger charge is 2.26. The molecule has 11 heavy (non-hydrogen) atoms. The van der Waals surface area contributed by atoms with E-state index in [4.69, 9.17) is 0 Å². The van der Waals surface area contributed by atoms with E-state index in [-0.39, 0.29) is 18.1 Å². The lowest BCUT2D eigenvalue weighted by Gasteiger charge is -2.19. The third-order valence-corrected chi connectivity index (χ3v) is 1.83. The first kappa shape index (κ1) is 10.1. The van der Waals surface area contributed by atoms with E-state index in [1.54, 1.807) is 20.9 Å². The predicted octanol–water partition coefficient (Wildman–Crippen LogP) is 0.738. The number of amides is 1. The van der Waals surface area contributed by atoms with Crippen LogP contribution >= 0.6 is 0 Å². The molecule has 0 aromatic carbocycles. The van der Waals surface area contributed by atoms with Crippen molar-refractivity contribution in [3.05, 3.63) is 0 Å². The van der Waals surface area contributed by atoms with Crippen molar-refractivity contribution in [1.29, 1.82) is 0 Å². The van der Waals surface area contributed by atoms with E-state index in [1.165, 1.54) is 6.92 Å². The molecule has 0 aromatic heterocycles. The lowest BCUT2D eigenvalue weighted by atomic mass is 9.85. The maximum absolute atomic E-state index is 10.9. The Bertz CT molecular complexity index is 173. The van der Waals surface area contributed by atoms with E-state index >= 15 is 0 Å². The van der Waals surface area contributed by atoms with Crippen LogP contribution in [0.25, 0.3) is 0 Å². The van der Waals surface area contributed by atoms with Crippen molar-refractivity contribution in [3.63, 3.8) is 0 Å². The SMILES string of the molecule is CNC(=O)CC(C)(C)C(C)=O. The molecule has 0 aliphatic rings. The maximum Gasteiger partial charge on any atom is 0.220 e. The number of carbonyl (C=O) groups excluding carboxylic acids is 2. The Labute approximate surface area is 67.2 Å². The van der Waals surface area contributed by atoms with Crippen molar-refractivity contribution in [2.75, 3.05) is 7.05 Å².